The Morgan fingerprint density at radius 1 is 0.875 bits per heavy atom. The number of carbonyl (C=O) groups is 2. The lowest BCUT2D eigenvalue weighted by Gasteiger charge is -2.34. The van der Waals surface area contributed by atoms with E-state index in [0.29, 0.717) is 18.7 Å². The third kappa shape index (κ3) is 5.59. The molecule has 0 radical (unpaired) electrons. The van der Waals surface area contributed by atoms with E-state index in [2.05, 4.69) is 56.9 Å². The maximum absolute atomic E-state index is 13.2. The van der Waals surface area contributed by atoms with Gasteiger partial charge in [0.25, 0.3) is 5.91 Å². The van der Waals surface area contributed by atoms with Crippen LogP contribution in [0.1, 0.15) is 40.7 Å². The second kappa shape index (κ2) is 10.6. The third-order valence-corrected chi connectivity index (χ3v) is 7.31. The number of halogens is 1. The first-order chi connectivity index (χ1) is 15.5. The molecule has 2 aliphatic heterocycles. The molecule has 0 atom stereocenters. The van der Waals surface area contributed by atoms with Crippen molar-refractivity contribution in [1.82, 2.24) is 14.7 Å². The van der Waals surface area contributed by atoms with Crippen molar-refractivity contribution in [2.75, 3.05) is 39.3 Å². The molecule has 5 nitrogen and oxygen atoms in total. The van der Waals surface area contributed by atoms with E-state index in [9.17, 15) is 9.59 Å². The molecule has 6 heteroatoms. The fraction of sp³-hybridized carbons (Fsp3) is 0.462. The van der Waals surface area contributed by atoms with Gasteiger partial charge in [0.15, 0.2) is 0 Å². The smallest absolute Gasteiger partial charge is 0.253 e. The highest BCUT2D eigenvalue weighted by Gasteiger charge is 2.31. The summed E-state index contributed by atoms with van der Waals surface area (Å²) in [5.74, 6) is 0.371. The summed E-state index contributed by atoms with van der Waals surface area (Å²) in [6, 6.07) is 16.0. The van der Waals surface area contributed by atoms with E-state index < -0.39 is 0 Å². The molecule has 170 valence electrons. The number of rotatable bonds is 4. The van der Waals surface area contributed by atoms with Crippen molar-refractivity contribution in [1.29, 1.82) is 0 Å². The van der Waals surface area contributed by atoms with Crippen LogP contribution >= 0.6 is 15.9 Å². The zero-order valence-corrected chi connectivity index (χ0v) is 20.4. The van der Waals surface area contributed by atoms with Crippen LogP contribution < -0.4 is 0 Å². The van der Waals surface area contributed by atoms with Gasteiger partial charge in [0.1, 0.15) is 0 Å². The lowest BCUT2D eigenvalue weighted by molar-refractivity contribution is -0.136. The fourth-order valence-corrected chi connectivity index (χ4v) is 5.00. The molecule has 0 aromatic heterocycles. The molecule has 2 aromatic rings. The predicted molar refractivity (Wildman–Crippen MR) is 130 cm³/mol. The van der Waals surface area contributed by atoms with E-state index in [-0.39, 0.29) is 17.7 Å². The van der Waals surface area contributed by atoms with E-state index in [1.807, 2.05) is 29.2 Å². The topological polar surface area (TPSA) is 43.9 Å². The summed E-state index contributed by atoms with van der Waals surface area (Å²) in [5, 5.41) is 0. The molecule has 2 aliphatic rings. The summed E-state index contributed by atoms with van der Waals surface area (Å²) in [4.78, 5) is 32.4. The largest absolute Gasteiger partial charge is 0.341 e. The zero-order chi connectivity index (χ0) is 22.5. The normalized spacial score (nSPS) is 18.4. The lowest BCUT2D eigenvalue weighted by Crippen LogP contribution is -2.45. The van der Waals surface area contributed by atoms with E-state index >= 15 is 0 Å². The van der Waals surface area contributed by atoms with Gasteiger partial charge in [-0.2, -0.15) is 0 Å². The summed E-state index contributed by atoms with van der Waals surface area (Å²) in [7, 11) is 0. The van der Waals surface area contributed by atoms with Crippen LogP contribution in [-0.4, -0.2) is 65.8 Å². The van der Waals surface area contributed by atoms with Gasteiger partial charge in [0.05, 0.1) is 0 Å². The molecule has 0 unspecified atom stereocenters. The second-order valence-corrected chi connectivity index (χ2v) is 9.87. The highest BCUT2D eigenvalue weighted by molar-refractivity contribution is 9.10. The van der Waals surface area contributed by atoms with Crippen LogP contribution in [0.5, 0.6) is 0 Å². The molecule has 0 bridgehead atoms. The Balaban J connectivity index is 1.27. The molecule has 2 heterocycles. The molecule has 0 saturated carbocycles. The first kappa shape index (κ1) is 23.0. The van der Waals surface area contributed by atoms with Gasteiger partial charge in [0.2, 0.25) is 5.91 Å². The van der Waals surface area contributed by atoms with Crippen LogP contribution in [0, 0.1) is 12.8 Å². The Labute approximate surface area is 199 Å². The summed E-state index contributed by atoms with van der Waals surface area (Å²) in [5.41, 5.74) is 3.41. The third-order valence-electron chi connectivity index (χ3n) is 6.78. The number of amides is 2. The van der Waals surface area contributed by atoms with E-state index in [0.717, 1.165) is 56.5 Å². The minimum Gasteiger partial charge on any atom is -0.341 e. The standard InChI is InChI=1S/C26H32BrN3O2/c1-20-5-2-3-6-23(20)19-28-13-4-14-29(18-17-28)26(32)22-11-15-30(16-12-22)25(31)21-7-9-24(27)10-8-21/h2-3,5-10,22H,4,11-19H2,1H3. The molecule has 2 fully saturated rings. The average molecular weight is 498 g/mol. The molecule has 0 N–H and O–H groups in total. The minimum absolute atomic E-state index is 0.0342. The summed E-state index contributed by atoms with van der Waals surface area (Å²) in [6.45, 7) is 7.99. The molecular weight excluding hydrogens is 466 g/mol. The quantitative estimate of drug-likeness (QED) is 0.630. The van der Waals surface area contributed by atoms with Gasteiger partial charge < -0.3 is 9.80 Å². The lowest BCUT2D eigenvalue weighted by atomic mass is 9.94. The summed E-state index contributed by atoms with van der Waals surface area (Å²) < 4.78 is 0.966. The summed E-state index contributed by atoms with van der Waals surface area (Å²) in [6.07, 6.45) is 2.52. The maximum atomic E-state index is 13.2. The maximum Gasteiger partial charge on any atom is 0.253 e. The van der Waals surface area contributed by atoms with Gasteiger partial charge in [-0.05, 0) is 61.6 Å². The SMILES string of the molecule is Cc1ccccc1CN1CCCN(C(=O)C2CCN(C(=O)c3ccc(Br)cc3)CC2)CC1. The Kier molecular flexibility index (Phi) is 7.63. The van der Waals surface area contributed by atoms with Crippen LogP contribution in [0.4, 0.5) is 0 Å². The highest BCUT2D eigenvalue weighted by Crippen LogP contribution is 2.23. The molecule has 4 rings (SSSR count). The van der Waals surface area contributed by atoms with Gasteiger partial charge in [-0.1, -0.05) is 40.2 Å². The van der Waals surface area contributed by atoms with Crippen molar-refractivity contribution in [2.45, 2.75) is 32.7 Å². The number of benzene rings is 2. The van der Waals surface area contributed by atoms with Gasteiger partial charge in [-0.15, -0.1) is 0 Å². The fourth-order valence-electron chi connectivity index (χ4n) is 4.74. The monoisotopic (exact) mass is 497 g/mol. The highest BCUT2D eigenvalue weighted by atomic mass is 79.9. The predicted octanol–water partition coefficient (Wildman–Crippen LogP) is 4.34. The van der Waals surface area contributed by atoms with E-state index in [1.165, 1.54) is 11.1 Å². The molecule has 0 aliphatic carbocycles. The number of carbonyl (C=O) groups excluding carboxylic acids is 2. The molecule has 2 saturated heterocycles. The molecule has 0 spiro atoms. The average Bonchev–Trinajstić information content (AvgIpc) is 3.06. The molecule has 2 amide bonds. The Morgan fingerprint density at radius 2 is 1.59 bits per heavy atom. The number of piperidine rings is 1. The summed E-state index contributed by atoms with van der Waals surface area (Å²) >= 11 is 3.41. The van der Waals surface area contributed by atoms with Crippen molar-refractivity contribution >= 4 is 27.7 Å². The number of nitrogens with zero attached hydrogens (tertiary/aromatic N) is 3. The minimum atomic E-state index is 0.0342. The van der Waals surface area contributed by atoms with E-state index in [1.54, 1.807) is 0 Å². The first-order valence-corrected chi connectivity index (χ1v) is 12.4. The molecule has 2 aromatic carbocycles. The van der Waals surface area contributed by atoms with Crippen LogP contribution in [0.25, 0.3) is 0 Å². The van der Waals surface area contributed by atoms with Crippen LogP contribution in [0.15, 0.2) is 53.0 Å². The first-order valence-electron chi connectivity index (χ1n) is 11.6. The number of aryl methyl sites for hydroxylation is 1. The molecular formula is C26H32BrN3O2. The van der Waals surface area contributed by atoms with Crippen molar-refractivity contribution in [3.05, 3.63) is 69.7 Å². The number of hydrogen-bond acceptors (Lipinski definition) is 3. The van der Waals surface area contributed by atoms with Gasteiger partial charge in [-0.3, -0.25) is 14.5 Å². The number of hydrogen-bond donors (Lipinski definition) is 0. The van der Waals surface area contributed by atoms with Gasteiger partial charge >= 0.3 is 0 Å². The van der Waals surface area contributed by atoms with Crippen molar-refractivity contribution in [2.24, 2.45) is 5.92 Å². The Bertz CT molecular complexity index is 938. The Morgan fingerprint density at radius 3 is 2.31 bits per heavy atom. The van der Waals surface area contributed by atoms with Crippen molar-refractivity contribution in [3.63, 3.8) is 0 Å². The van der Waals surface area contributed by atoms with Crippen LogP contribution in [-0.2, 0) is 11.3 Å². The second-order valence-electron chi connectivity index (χ2n) is 8.95. The van der Waals surface area contributed by atoms with Crippen LogP contribution in [0.2, 0.25) is 0 Å². The zero-order valence-electron chi connectivity index (χ0n) is 18.8. The van der Waals surface area contributed by atoms with Crippen molar-refractivity contribution < 1.29 is 9.59 Å². The van der Waals surface area contributed by atoms with Gasteiger partial charge in [-0.25, -0.2) is 0 Å². The van der Waals surface area contributed by atoms with E-state index in [4.69, 9.17) is 0 Å². The molecule has 32 heavy (non-hydrogen) atoms. The van der Waals surface area contributed by atoms with Crippen LogP contribution in [0.3, 0.4) is 0 Å². The number of likely N-dealkylation sites (tertiary alicyclic amines) is 1. The van der Waals surface area contributed by atoms with Gasteiger partial charge in [0, 0.05) is 61.8 Å². The Hall–Kier alpha value is -2.18. The van der Waals surface area contributed by atoms with Crippen molar-refractivity contribution in [3.8, 4) is 0 Å².